The minimum absolute atomic E-state index is 0.124. The van der Waals surface area contributed by atoms with Gasteiger partial charge in [-0.2, -0.15) is 0 Å². The van der Waals surface area contributed by atoms with Gasteiger partial charge in [-0.3, -0.25) is 9.69 Å². The van der Waals surface area contributed by atoms with Crippen LogP contribution in [-0.4, -0.2) is 47.8 Å². The lowest BCUT2D eigenvalue weighted by molar-refractivity contribution is -0.142. The molecule has 0 spiro atoms. The van der Waals surface area contributed by atoms with Gasteiger partial charge in [0.05, 0.1) is 11.5 Å². The normalized spacial score (nSPS) is 27.2. The van der Waals surface area contributed by atoms with Gasteiger partial charge in [-0.25, -0.2) is 0 Å². The molecule has 0 aromatic carbocycles. The molecule has 0 aromatic rings. The minimum atomic E-state index is -0.666. The van der Waals surface area contributed by atoms with Crippen LogP contribution >= 0.6 is 0 Å². The van der Waals surface area contributed by atoms with Crippen LogP contribution in [0.1, 0.15) is 33.6 Å². The minimum Gasteiger partial charge on any atom is -0.481 e. The first-order valence-corrected chi connectivity index (χ1v) is 5.89. The number of rotatable bonds is 5. The number of hydrogen-bond acceptors (Lipinski definition) is 3. The molecule has 0 saturated carbocycles. The van der Waals surface area contributed by atoms with Crippen LogP contribution < -0.4 is 0 Å². The molecule has 0 amide bonds. The maximum Gasteiger partial charge on any atom is 0.308 e. The lowest BCUT2D eigenvalue weighted by Gasteiger charge is -2.28. The second-order valence-corrected chi connectivity index (χ2v) is 5.22. The molecule has 0 aromatic heterocycles. The molecule has 1 N–H and O–H groups in total. The maximum atomic E-state index is 11.0. The highest BCUT2D eigenvalue weighted by Crippen LogP contribution is 2.25. The summed E-state index contributed by atoms with van der Waals surface area (Å²) in [5.41, 5.74) is -0.124. The maximum absolute atomic E-state index is 11.0. The third-order valence-corrected chi connectivity index (χ3v) is 3.76. The third kappa shape index (κ3) is 3.19. The van der Waals surface area contributed by atoms with Crippen LogP contribution in [0.3, 0.4) is 0 Å². The van der Waals surface area contributed by atoms with Gasteiger partial charge in [-0.1, -0.05) is 0 Å². The Morgan fingerprint density at radius 1 is 1.56 bits per heavy atom. The average Bonchev–Trinajstić information content (AvgIpc) is 2.57. The van der Waals surface area contributed by atoms with Gasteiger partial charge in [0.15, 0.2) is 0 Å². The van der Waals surface area contributed by atoms with E-state index >= 15 is 0 Å². The molecular formula is C12H23NO3. The Bertz CT molecular complexity index is 253. The van der Waals surface area contributed by atoms with Crippen LogP contribution in [-0.2, 0) is 9.53 Å². The van der Waals surface area contributed by atoms with E-state index in [1.807, 2.05) is 6.92 Å². The number of carboxylic acid groups (broad SMARTS) is 1. The molecule has 4 nitrogen and oxygen atoms in total. The first-order chi connectivity index (χ1) is 7.37. The summed E-state index contributed by atoms with van der Waals surface area (Å²) < 4.78 is 5.36. The molecule has 1 heterocycles. The van der Waals surface area contributed by atoms with Crippen LogP contribution in [0.25, 0.3) is 0 Å². The summed E-state index contributed by atoms with van der Waals surface area (Å²) >= 11 is 0. The Morgan fingerprint density at radius 2 is 2.19 bits per heavy atom. The summed E-state index contributed by atoms with van der Waals surface area (Å²) in [4.78, 5) is 13.2. The summed E-state index contributed by atoms with van der Waals surface area (Å²) in [6.45, 7) is 7.92. The van der Waals surface area contributed by atoms with Gasteiger partial charge in [0, 0.05) is 19.7 Å². The molecule has 1 aliphatic rings. The summed E-state index contributed by atoms with van der Waals surface area (Å²) in [6, 6.07) is 0.144. The Labute approximate surface area is 97.6 Å². The molecule has 2 unspecified atom stereocenters. The second kappa shape index (κ2) is 5.15. The largest absolute Gasteiger partial charge is 0.481 e. The van der Waals surface area contributed by atoms with Gasteiger partial charge in [-0.15, -0.1) is 0 Å². The zero-order valence-corrected chi connectivity index (χ0v) is 10.7. The van der Waals surface area contributed by atoms with E-state index in [9.17, 15) is 4.79 Å². The fourth-order valence-electron chi connectivity index (χ4n) is 2.16. The zero-order valence-electron chi connectivity index (χ0n) is 10.7. The smallest absolute Gasteiger partial charge is 0.308 e. The highest BCUT2D eigenvalue weighted by molar-refractivity contribution is 5.71. The SMILES string of the molecule is COC(C)(C)CCN1CCC(C(=O)O)C1C. The predicted octanol–water partition coefficient (Wildman–Crippen LogP) is 1.60. The van der Waals surface area contributed by atoms with Crippen molar-refractivity contribution >= 4 is 5.97 Å². The summed E-state index contributed by atoms with van der Waals surface area (Å²) in [5, 5.41) is 9.02. The average molecular weight is 229 g/mol. The van der Waals surface area contributed by atoms with E-state index in [1.54, 1.807) is 7.11 Å². The lowest BCUT2D eigenvalue weighted by Crippen LogP contribution is -2.37. The molecule has 94 valence electrons. The van der Waals surface area contributed by atoms with E-state index in [4.69, 9.17) is 9.84 Å². The number of nitrogens with zero attached hydrogens (tertiary/aromatic N) is 1. The molecule has 1 saturated heterocycles. The molecule has 0 aliphatic carbocycles. The molecular weight excluding hydrogens is 206 g/mol. The Morgan fingerprint density at radius 3 is 2.62 bits per heavy atom. The first kappa shape index (κ1) is 13.5. The zero-order chi connectivity index (χ0) is 12.3. The molecule has 1 aliphatic heterocycles. The van der Waals surface area contributed by atoms with Crippen LogP contribution in [0.2, 0.25) is 0 Å². The van der Waals surface area contributed by atoms with Gasteiger partial charge >= 0.3 is 5.97 Å². The van der Waals surface area contributed by atoms with Crippen molar-refractivity contribution in [3.63, 3.8) is 0 Å². The highest BCUT2D eigenvalue weighted by Gasteiger charge is 2.35. The summed E-state index contributed by atoms with van der Waals surface area (Å²) in [7, 11) is 1.72. The van der Waals surface area contributed by atoms with Crippen molar-refractivity contribution in [2.24, 2.45) is 5.92 Å². The van der Waals surface area contributed by atoms with E-state index in [2.05, 4.69) is 18.7 Å². The fraction of sp³-hybridized carbons (Fsp3) is 0.917. The molecule has 0 bridgehead atoms. The number of aliphatic carboxylic acids is 1. The molecule has 2 atom stereocenters. The molecule has 1 fully saturated rings. The van der Waals surface area contributed by atoms with E-state index < -0.39 is 5.97 Å². The van der Waals surface area contributed by atoms with Crippen LogP contribution in [0, 0.1) is 5.92 Å². The number of methoxy groups -OCH3 is 1. The Kier molecular flexibility index (Phi) is 4.33. The molecule has 4 heteroatoms. The number of carbonyl (C=O) groups is 1. The van der Waals surface area contributed by atoms with E-state index in [1.165, 1.54) is 0 Å². The molecule has 16 heavy (non-hydrogen) atoms. The van der Waals surface area contributed by atoms with E-state index in [0.29, 0.717) is 0 Å². The third-order valence-electron chi connectivity index (χ3n) is 3.76. The highest BCUT2D eigenvalue weighted by atomic mass is 16.5. The fourth-order valence-corrected chi connectivity index (χ4v) is 2.16. The van der Waals surface area contributed by atoms with E-state index in [0.717, 1.165) is 25.9 Å². The quantitative estimate of drug-likeness (QED) is 0.778. The summed E-state index contributed by atoms with van der Waals surface area (Å²) in [6.07, 6.45) is 1.70. The monoisotopic (exact) mass is 229 g/mol. The van der Waals surface area contributed by atoms with Crippen molar-refractivity contribution in [1.82, 2.24) is 4.90 Å². The van der Waals surface area contributed by atoms with Crippen molar-refractivity contribution in [3.8, 4) is 0 Å². The second-order valence-electron chi connectivity index (χ2n) is 5.22. The van der Waals surface area contributed by atoms with E-state index in [-0.39, 0.29) is 17.6 Å². The topological polar surface area (TPSA) is 49.8 Å². The number of likely N-dealkylation sites (tertiary alicyclic amines) is 1. The van der Waals surface area contributed by atoms with Gasteiger partial charge < -0.3 is 9.84 Å². The number of ether oxygens (including phenoxy) is 1. The first-order valence-electron chi connectivity index (χ1n) is 5.89. The molecule has 1 rings (SSSR count). The number of carboxylic acids is 1. The Balaban J connectivity index is 2.43. The number of hydrogen-bond donors (Lipinski definition) is 1. The van der Waals surface area contributed by atoms with Crippen molar-refractivity contribution < 1.29 is 14.6 Å². The predicted molar refractivity (Wildman–Crippen MR) is 62.5 cm³/mol. The van der Waals surface area contributed by atoms with Gasteiger partial charge in [-0.05, 0) is 40.2 Å². The van der Waals surface area contributed by atoms with Crippen LogP contribution in [0.15, 0.2) is 0 Å². The van der Waals surface area contributed by atoms with Crippen LogP contribution in [0.5, 0.6) is 0 Å². The van der Waals surface area contributed by atoms with Crippen molar-refractivity contribution in [2.45, 2.75) is 45.3 Å². The summed E-state index contributed by atoms with van der Waals surface area (Å²) in [5.74, 6) is -0.869. The Hall–Kier alpha value is -0.610. The van der Waals surface area contributed by atoms with Gasteiger partial charge in [0.1, 0.15) is 0 Å². The van der Waals surface area contributed by atoms with Crippen molar-refractivity contribution in [1.29, 1.82) is 0 Å². The lowest BCUT2D eigenvalue weighted by atomic mass is 10.0. The van der Waals surface area contributed by atoms with Crippen LogP contribution in [0.4, 0.5) is 0 Å². The van der Waals surface area contributed by atoms with Crippen molar-refractivity contribution in [2.75, 3.05) is 20.2 Å². The van der Waals surface area contributed by atoms with Gasteiger partial charge in [0.2, 0.25) is 0 Å². The molecule has 0 radical (unpaired) electrons. The van der Waals surface area contributed by atoms with Gasteiger partial charge in [0.25, 0.3) is 0 Å². The van der Waals surface area contributed by atoms with Crippen molar-refractivity contribution in [3.05, 3.63) is 0 Å². The standard InChI is InChI=1S/C12H23NO3/c1-9-10(11(14)15)5-7-13(9)8-6-12(2,3)16-4/h9-10H,5-8H2,1-4H3,(H,14,15).